The summed E-state index contributed by atoms with van der Waals surface area (Å²) < 4.78 is 37.4. The molecule has 1 aromatic rings. The fourth-order valence-corrected chi connectivity index (χ4v) is 1.71. The van der Waals surface area contributed by atoms with E-state index in [-0.39, 0.29) is 6.04 Å². The molecule has 1 N–H and O–H groups in total. The molecule has 1 rings (SSSR count). The van der Waals surface area contributed by atoms with Crippen molar-refractivity contribution in [2.45, 2.75) is 39.1 Å². The van der Waals surface area contributed by atoms with Crippen LogP contribution in [0.1, 0.15) is 32.4 Å². The minimum absolute atomic E-state index is 0.246. The second-order valence-electron chi connectivity index (χ2n) is 4.60. The molecule has 0 aliphatic rings. The number of alkyl halides is 3. The normalized spacial score (nSPS) is 13.8. The summed E-state index contributed by atoms with van der Waals surface area (Å²) in [5, 5.41) is 9.36. The van der Waals surface area contributed by atoms with Crippen molar-refractivity contribution in [3.05, 3.63) is 29.8 Å². The van der Waals surface area contributed by atoms with Crippen LogP contribution in [0.25, 0.3) is 0 Å². The minimum atomic E-state index is -4.23. The largest absolute Gasteiger partial charge is 0.405 e. The monoisotopic (exact) mass is 261 g/mol. The van der Waals surface area contributed by atoms with Gasteiger partial charge < -0.3 is 10.0 Å². The third-order valence-corrected chi connectivity index (χ3v) is 2.68. The first-order chi connectivity index (χ1) is 8.20. The summed E-state index contributed by atoms with van der Waals surface area (Å²) in [6.45, 7) is 4.08. The van der Waals surface area contributed by atoms with Gasteiger partial charge in [-0.3, -0.25) is 0 Å². The highest BCUT2D eigenvalue weighted by atomic mass is 19.4. The van der Waals surface area contributed by atoms with Crippen LogP contribution in [-0.2, 0) is 0 Å². The third-order valence-electron chi connectivity index (χ3n) is 2.68. The highest BCUT2D eigenvalue weighted by Gasteiger charge is 2.31. The Morgan fingerprint density at radius 2 is 1.61 bits per heavy atom. The first kappa shape index (κ1) is 14.8. The molecule has 0 unspecified atom stereocenters. The molecule has 0 aliphatic heterocycles. The summed E-state index contributed by atoms with van der Waals surface area (Å²) in [4.78, 5) is 1.28. The number of halogens is 3. The second-order valence-corrected chi connectivity index (χ2v) is 4.60. The van der Waals surface area contributed by atoms with Crippen molar-refractivity contribution in [1.29, 1.82) is 0 Å². The summed E-state index contributed by atoms with van der Waals surface area (Å²) in [5.74, 6) is 0. The van der Waals surface area contributed by atoms with Crippen LogP contribution in [0, 0.1) is 0 Å². The number of hydrogen-bond acceptors (Lipinski definition) is 2. The molecule has 0 aromatic heterocycles. The lowest BCUT2D eigenvalue weighted by Gasteiger charge is -2.30. The average Bonchev–Trinajstić information content (AvgIpc) is 2.24. The first-order valence-electron chi connectivity index (χ1n) is 5.82. The lowest BCUT2D eigenvalue weighted by Crippen LogP contribution is -2.39. The topological polar surface area (TPSA) is 23.5 Å². The van der Waals surface area contributed by atoms with E-state index in [0.717, 1.165) is 0 Å². The van der Waals surface area contributed by atoms with E-state index >= 15 is 0 Å². The summed E-state index contributed by atoms with van der Waals surface area (Å²) in [6, 6.07) is 6.25. The van der Waals surface area contributed by atoms with Gasteiger partial charge in [0.15, 0.2) is 0 Å². The van der Waals surface area contributed by atoms with Crippen molar-refractivity contribution in [2.75, 3.05) is 11.4 Å². The predicted molar refractivity (Wildman–Crippen MR) is 65.6 cm³/mol. The van der Waals surface area contributed by atoms with Crippen LogP contribution >= 0.6 is 0 Å². The third kappa shape index (κ3) is 4.22. The lowest BCUT2D eigenvalue weighted by atomic mass is 10.1. The fraction of sp³-hybridized carbons (Fsp3) is 0.538. The minimum Gasteiger partial charge on any atom is -0.389 e. The maximum atomic E-state index is 12.5. The molecule has 5 heteroatoms. The molecule has 2 nitrogen and oxygen atoms in total. The average molecular weight is 261 g/mol. The summed E-state index contributed by atoms with van der Waals surface area (Å²) in [7, 11) is 0. The van der Waals surface area contributed by atoms with Crippen molar-refractivity contribution in [3.8, 4) is 0 Å². The molecular formula is C13H18F3NO. The fourth-order valence-electron chi connectivity index (χ4n) is 1.71. The van der Waals surface area contributed by atoms with Gasteiger partial charge in [-0.1, -0.05) is 12.1 Å². The first-order valence-corrected chi connectivity index (χ1v) is 5.82. The van der Waals surface area contributed by atoms with Crippen LogP contribution in [0.2, 0.25) is 0 Å². The van der Waals surface area contributed by atoms with Crippen LogP contribution in [-0.4, -0.2) is 23.9 Å². The quantitative estimate of drug-likeness (QED) is 0.896. The molecule has 0 amide bonds. The van der Waals surface area contributed by atoms with Crippen LogP contribution in [0.4, 0.5) is 18.9 Å². The Bertz CT molecular complexity index is 371. The predicted octanol–water partition coefficient (Wildman–Crippen LogP) is 3.52. The summed E-state index contributed by atoms with van der Waals surface area (Å²) in [5.41, 5.74) is 1.20. The molecule has 1 aromatic carbocycles. The smallest absolute Gasteiger partial charge is 0.389 e. The maximum Gasteiger partial charge on any atom is 0.405 e. The zero-order valence-electron chi connectivity index (χ0n) is 10.7. The maximum absolute atomic E-state index is 12.5. The molecule has 0 aliphatic carbocycles. The van der Waals surface area contributed by atoms with Gasteiger partial charge in [-0.05, 0) is 38.5 Å². The van der Waals surface area contributed by atoms with E-state index in [1.165, 1.54) is 4.90 Å². The van der Waals surface area contributed by atoms with Crippen molar-refractivity contribution < 1.29 is 18.3 Å². The van der Waals surface area contributed by atoms with Gasteiger partial charge in [0.05, 0.1) is 6.10 Å². The number of aliphatic hydroxyl groups excluding tert-OH is 1. The van der Waals surface area contributed by atoms with E-state index in [4.69, 9.17) is 0 Å². The molecule has 102 valence electrons. The highest BCUT2D eigenvalue weighted by Crippen LogP contribution is 2.25. The Hall–Kier alpha value is -1.23. The Morgan fingerprint density at radius 1 is 1.11 bits per heavy atom. The van der Waals surface area contributed by atoms with Gasteiger partial charge in [-0.2, -0.15) is 13.2 Å². The molecule has 0 saturated heterocycles. The zero-order chi connectivity index (χ0) is 13.9. The Morgan fingerprint density at radius 3 is 1.94 bits per heavy atom. The number of anilines is 1. The van der Waals surface area contributed by atoms with Crippen LogP contribution < -0.4 is 4.90 Å². The molecule has 0 saturated carbocycles. The van der Waals surface area contributed by atoms with Gasteiger partial charge in [0.2, 0.25) is 0 Å². The van der Waals surface area contributed by atoms with E-state index in [2.05, 4.69) is 0 Å². The van der Waals surface area contributed by atoms with Crippen molar-refractivity contribution in [2.24, 2.45) is 0 Å². The summed E-state index contributed by atoms with van der Waals surface area (Å²) in [6.07, 6.45) is -4.85. The van der Waals surface area contributed by atoms with E-state index in [1.54, 1.807) is 45.0 Å². The Kier molecular flexibility index (Phi) is 4.62. The Labute approximate surface area is 105 Å². The lowest BCUT2D eigenvalue weighted by molar-refractivity contribution is -0.120. The SMILES string of the molecule is CC(C)N(CC(F)(F)F)c1ccc([C@@H](C)O)cc1. The van der Waals surface area contributed by atoms with Gasteiger partial charge in [0.25, 0.3) is 0 Å². The molecule has 0 fully saturated rings. The van der Waals surface area contributed by atoms with Crippen molar-refractivity contribution in [1.82, 2.24) is 0 Å². The number of aliphatic hydroxyl groups is 1. The van der Waals surface area contributed by atoms with Crippen molar-refractivity contribution in [3.63, 3.8) is 0 Å². The van der Waals surface area contributed by atoms with Gasteiger partial charge in [0.1, 0.15) is 6.54 Å². The number of rotatable bonds is 4. The molecule has 0 radical (unpaired) electrons. The molecule has 0 bridgehead atoms. The number of hydrogen-bond donors (Lipinski definition) is 1. The van der Waals surface area contributed by atoms with Crippen LogP contribution in [0.5, 0.6) is 0 Å². The number of nitrogens with zero attached hydrogens (tertiary/aromatic N) is 1. The molecule has 0 spiro atoms. The van der Waals surface area contributed by atoms with E-state index < -0.39 is 18.8 Å². The number of benzene rings is 1. The summed E-state index contributed by atoms with van der Waals surface area (Å²) >= 11 is 0. The Balaban J connectivity index is 2.93. The highest BCUT2D eigenvalue weighted by molar-refractivity contribution is 5.48. The van der Waals surface area contributed by atoms with E-state index in [1.807, 2.05) is 0 Å². The molecule has 18 heavy (non-hydrogen) atoms. The van der Waals surface area contributed by atoms with Gasteiger partial charge >= 0.3 is 6.18 Å². The van der Waals surface area contributed by atoms with Gasteiger partial charge in [-0.15, -0.1) is 0 Å². The molecular weight excluding hydrogens is 243 g/mol. The van der Waals surface area contributed by atoms with E-state index in [9.17, 15) is 18.3 Å². The van der Waals surface area contributed by atoms with Gasteiger partial charge in [0, 0.05) is 11.7 Å². The second kappa shape index (κ2) is 5.61. The van der Waals surface area contributed by atoms with Crippen LogP contribution in [0.3, 0.4) is 0 Å². The standard InChI is InChI=1S/C13H18F3NO/c1-9(2)17(8-13(14,15)16)12-6-4-11(5-7-12)10(3)18/h4-7,9-10,18H,8H2,1-3H3/t10-/m1/s1. The van der Waals surface area contributed by atoms with Gasteiger partial charge in [-0.25, -0.2) is 0 Å². The van der Waals surface area contributed by atoms with E-state index in [0.29, 0.717) is 11.3 Å². The van der Waals surface area contributed by atoms with Crippen molar-refractivity contribution >= 4 is 5.69 Å². The van der Waals surface area contributed by atoms with Crippen LogP contribution in [0.15, 0.2) is 24.3 Å². The molecule has 1 atom stereocenters. The zero-order valence-corrected chi connectivity index (χ0v) is 10.7. The molecule has 0 heterocycles.